The predicted molar refractivity (Wildman–Crippen MR) is 111 cm³/mol. The molecule has 0 radical (unpaired) electrons. The Morgan fingerprint density at radius 2 is 2.04 bits per heavy atom. The molecule has 1 aromatic heterocycles. The number of carbonyl (C=O) groups is 1. The van der Waals surface area contributed by atoms with Crippen molar-refractivity contribution in [2.24, 2.45) is 0 Å². The molecule has 5 nitrogen and oxygen atoms in total. The molecular weight excluding hydrogens is 374 g/mol. The summed E-state index contributed by atoms with van der Waals surface area (Å²) in [7, 11) is 0. The average Bonchev–Trinajstić information content (AvgIpc) is 2.70. The summed E-state index contributed by atoms with van der Waals surface area (Å²) in [6, 6.07) is 16.8. The van der Waals surface area contributed by atoms with Crippen LogP contribution in [0.5, 0.6) is 0 Å². The molecule has 6 heteroatoms. The van der Waals surface area contributed by atoms with Crippen molar-refractivity contribution in [1.82, 2.24) is 15.6 Å². The predicted octanol–water partition coefficient (Wildman–Crippen LogP) is 3.18. The van der Waals surface area contributed by atoms with Crippen LogP contribution < -0.4 is 10.6 Å². The molecule has 3 N–H and O–H groups in total. The second kappa shape index (κ2) is 7.51. The van der Waals surface area contributed by atoms with Gasteiger partial charge in [-0.25, -0.2) is 0 Å². The summed E-state index contributed by atoms with van der Waals surface area (Å²) >= 11 is 6.30. The van der Waals surface area contributed by atoms with Crippen LogP contribution in [0.4, 0.5) is 0 Å². The average molecular weight is 396 g/mol. The Labute approximate surface area is 168 Å². The van der Waals surface area contributed by atoms with E-state index in [4.69, 9.17) is 11.6 Å². The highest BCUT2D eigenvalue weighted by Gasteiger charge is 2.43. The van der Waals surface area contributed by atoms with Gasteiger partial charge >= 0.3 is 0 Å². The van der Waals surface area contributed by atoms with Crippen molar-refractivity contribution in [3.63, 3.8) is 0 Å². The number of nitrogens with one attached hydrogen (secondary N) is 2. The molecule has 3 aromatic rings. The number of aliphatic hydroxyl groups is 1. The third kappa shape index (κ3) is 3.26. The smallest absolute Gasteiger partial charge is 0.252 e. The van der Waals surface area contributed by atoms with Crippen molar-refractivity contribution in [1.29, 1.82) is 0 Å². The molecule has 0 aliphatic carbocycles. The molecule has 0 saturated carbocycles. The van der Waals surface area contributed by atoms with E-state index >= 15 is 0 Å². The Kier molecular flexibility index (Phi) is 5.06. The van der Waals surface area contributed by atoms with Crippen LogP contribution in [-0.4, -0.2) is 35.2 Å². The maximum absolute atomic E-state index is 13.4. The fraction of sp³-hybridized carbons (Fsp3) is 0.273. The standard InChI is InChI=1S/C22H22ClN3O2/c1-14-12-17(16-8-5-9-18(23)20(16)25-14)21(28)26-22(10-11-24-13-19(22)27)15-6-3-2-4-7-15/h2-9,12,19,24,27H,10-11,13H2,1H3,(H,26,28)/t19-,22-/m1/s1. The summed E-state index contributed by atoms with van der Waals surface area (Å²) in [6.45, 7) is 2.96. The van der Waals surface area contributed by atoms with Crippen LogP contribution in [0.2, 0.25) is 5.02 Å². The van der Waals surface area contributed by atoms with Crippen molar-refractivity contribution in [2.45, 2.75) is 25.0 Å². The molecule has 1 amide bonds. The lowest BCUT2D eigenvalue weighted by Gasteiger charge is -2.43. The van der Waals surface area contributed by atoms with Crippen LogP contribution in [0, 0.1) is 6.92 Å². The van der Waals surface area contributed by atoms with E-state index in [2.05, 4.69) is 15.6 Å². The van der Waals surface area contributed by atoms with Crippen molar-refractivity contribution < 1.29 is 9.90 Å². The van der Waals surface area contributed by atoms with Gasteiger partial charge < -0.3 is 15.7 Å². The van der Waals surface area contributed by atoms with Crippen LogP contribution in [0.15, 0.2) is 54.6 Å². The number of aryl methyl sites for hydroxylation is 1. The number of piperidine rings is 1. The lowest BCUT2D eigenvalue weighted by Crippen LogP contribution is -2.61. The van der Waals surface area contributed by atoms with E-state index in [9.17, 15) is 9.90 Å². The summed E-state index contributed by atoms with van der Waals surface area (Å²) in [5.41, 5.74) is 1.86. The summed E-state index contributed by atoms with van der Waals surface area (Å²) in [4.78, 5) is 17.9. The number of aromatic nitrogens is 1. The second-order valence-corrected chi connectivity index (χ2v) is 7.62. The maximum Gasteiger partial charge on any atom is 0.252 e. The number of hydrogen-bond acceptors (Lipinski definition) is 4. The van der Waals surface area contributed by atoms with Crippen LogP contribution in [0.3, 0.4) is 0 Å². The molecule has 1 aliphatic rings. The van der Waals surface area contributed by atoms with E-state index in [1.807, 2.05) is 49.4 Å². The first-order valence-corrected chi connectivity index (χ1v) is 9.72. The van der Waals surface area contributed by atoms with Gasteiger partial charge in [0.1, 0.15) is 0 Å². The minimum absolute atomic E-state index is 0.248. The van der Waals surface area contributed by atoms with E-state index in [1.54, 1.807) is 12.1 Å². The van der Waals surface area contributed by atoms with Crippen LogP contribution >= 0.6 is 11.6 Å². The highest BCUT2D eigenvalue weighted by atomic mass is 35.5. The number of pyridine rings is 1. The molecule has 2 aromatic carbocycles. The minimum Gasteiger partial charge on any atom is -0.389 e. The molecule has 0 spiro atoms. The van der Waals surface area contributed by atoms with E-state index in [1.165, 1.54) is 0 Å². The molecule has 144 valence electrons. The first-order valence-electron chi connectivity index (χ1n) is 9.34. The fourth-order valence-corrected chi connectivity index (χ4v) is 4.17. The summed E-state index contributed by atoms with van der Waals surface area (Å²) in [5.74, 6) is -0.248. The van der Waals surface area contributed by atoms with Gasteiger partial charge in [-0.05, 0) is 37.6 Å². The number of rotatable bonds is 3. The number of para-hydroxylation sites is 1. The molecule has 1 saturated heterocycles. The van der Waals surface area contributed by atoms with E-state index < -0.39 is 11.6 Å². The zero-order valence-electron chi connectivity index (χ0n) is 15.6. The van der Waals surface area contributed by atoms with Crippen molar-refractivity contribution in [3.05, 3.63) is 76.4 Å². The minimum atomic E-state index is -0.855. The van der Waals surface area contributed by atoms with E-state index in [0.29, 0.717) is 46.7 Å². The quantitative estimate of drug-likeness (QED) is 0.636. The molecule has 0 unspecified atom stereocenters. The third-order valence-corrected chi connectivity index (χ3v) is 5.70. The topological polar surface area (TPSA) is 74.2 Å². The van der Waals surface area contributed by atoms with E-state index in [-0.39, 0.29) is 5.91 Å². The highest BCUT2D eigenvalue weighted by Crippen LogP contribution is 2.32. The molecule has 1 fully saturated rings. The molecule has 2 heterocycles. The largest absolute Gasteiger partial charge is 0.389 e. The molecule has 0 bridgehead atoms. The van der Waals surface area contributed by atoms with Gasteiger partial charge in [0.25, 0.3) is 5.91 Å². The number of aliphatic hydroxyl groups excluding tert-OH is 1. The van der Waals surface area contributed by atoms with Crippen LogP contribution in [0.25, 0.3) is 10.9 Å². The number of β-amino-alcohol motifs (C(OH)–C–C–N with tert-alkyl or cyclic N) is 1. The van der Waals surface area contributed by atoms with Gasteiger partial charge in [0.15, 0.2) is 0 Å². The third-order valence-electron chi connectivity index (χ3n) is 5.39. The van der Waals surface area contributed by atoms with Gasteiger partial charge in [-0.2, -0.15) is 0 Å². The number of benzene rings is 2. The maximum atomic E-state index is 13.4. The molecule has 4 rings (SSSR count). The summed E-state index contributed by atoms with van der Waals surface area (Å²) < 4.78 is 0. The van der Waals surface area contributed by atoms with Gasteiger partial charge in [-0.1, -0.05) is 54.1 Å². The van der Waals surface area contributed by atoms with Gasteiger partial charge in [0, 0.05) is 17.6 Å². The Bertz CT molecular complexity index is 1020. The van der Waals surface area contributed by atoms with Crippen molar-refractivity contribution >= 4 is 28.4 Å². The number of carbonyl (C=O) groups excluding carboxylic acids is 1. The Hall–Kier alpha value is -2.47. The first-order chi connectivity index (χ1) is 13.5. The van der Waals surface area contributed by atoms with Gasteiger partial charge in [0.05, 0.1) is 27.7 Å². The van der Waals surface area contributed by atoms with Gasteiger partial charge in [-0.3, -0.25) is 9.78 Å². The summed E-state index contributed by atoms with van der Waals surface area (Å²) in [6.07, 6.45) is -0.155. The Morgan fingerprint density at radius 1 is 1.25 bits per heavy atom. The van der Waals surface area contributed by atoms with Crippen LogP contribution in [0.1, 0.15) is 28.0 Å². The van der Waals surface area contributed by atoms with Crippen molar-refractivity contribution in [3.8, 4) is 0 Å². The fourth-order valence-electron chi connectivity index (χ4n) is 3.95. The van der Waals surface area contributed by atoms with Crippen LogP contribution in [-0.2, 0) is 5.54 Å². The first kappa shape index (κ1) is 18.9. The second-order valence-electron chi connectivity index (χ2n) is 7.21. The van der Waals surface area contributed by atoms with Gasteiger partial charge in [0.2, 0.25) is 0 Å². The molecular formula is C22H22ClN3O2. The summed E-state index contributed by atoms with van der Waals surface area (Å²) in [5, 5.41) is 18.4. The van der Waals surface area contributed by atoms with Gasteiger partial charge in [-0.15, -0.1) is 0 Å². The SMILES string of the molecule is Cc1cc(C(=O)N[C@@]2(c3ccccc3)CCNC[C@H]2O)c2cccc(Cl)c2n1. The van der Waals surface area contributed by atoms with Crippen molar-refractivity contribution in [2.75, 3.05) is 13.1 Å². The zero-order chi connectivity index (χ0) is 19.7. The molecule has 1 aliphatic heterocycles. The monoisotopic (exact) mass is 395 g/mol. The molecule has 2 atom stereocenters. The number of amides is 1. The number of nitrogens with zero attached hydrogens (tertiary/aromatic N) is 1. The van der Waals surface area contributed by atoms with E-state index in [0.717, 1.165) is 5.56 Å². The molecule has 28 heavy (non-hydrogen) atoms. The lowest BCUT2D eigenvalue weighted by atomic mass is 9.79. The number of fused-ring (bicyclic) bond motifs is 1. The number of hydrogen-bond donors (Lipinski definition) is 3. The highest BCUT2D eigenvalue weighted by molar-refractivity contribution is 6.35. The zero-order valence-corrected chi connectivity index (χ0v) is 16.3. The number of halogens is 1. The Balaban J connectivity index is 1.80. The Morgan fingerprint density at radius 3 is 2.79 bits per heavy atom. The normalized spacial score (nSPS) is 22.2. The lowest BCUT2D eigenvalue weighted by molar-refractivity contribution is 0.0290.